The molecular formula is C15H18N4O. The highest BCUT2D eigenvalue weighted by Gasteiger charge is 2.10. The number of carbonyl (C=O) groups excluding carboxylic acids is 1. The topological polar surface area (TPSA) is 85.2 Å². The number of hydrogen-bond acceptors (Lipinski definition) is 4. The summed E-state index contributed by atoms with van der Waals surface area (Å²) in [6.45, 7) is 2.74. The molecule has 0 saturated heterocycles. The molecule has 0 aliphatic rings. The smallest absolute Gasteiger partial charge is 0.250 e. The lowest BCUT2D eigenvalue weighted by Crippen LogP contribution is -2.20. The van der Waals surface area contributed by atoms with Gasteiger partial charge in [-0.15, -0.1) is 0 Å². The van der Waals surface area contributed by atoms with Gasteiger partial charge in [0.25, 0.3) is 5.91 Å². The monoisotopic (exact) mass is 270 g/mol. The Balaban J connectivity index is 2.20. The number of aromatic nitrogens is 1. The number of amides is 1. The highest BCUT2D eigenvalue weighted by atomic mass is 16.1. The van der Waals surface area contributed by atoms with Crippen LogP contribution >= 0.6 is 0 Å². The van der Waals surface area contributed by atoms with Crippen molar-refractivity contribution in [3.63, 3.8) is 0 Å². The number of nitrogens with two attached hydrogens (primary N) is 2. The molecule has 2 aromatic rings. The maximum absolute atomic E-state index is 11.3. The van der Waals surface area contributed by atoms with E-state index in [9.17, 15) is 4.79 Å². The van der Waals surface area contributed by atoms with Gasteiger partial charge in [0, 0.05) is 13.6 Å². The Kier molecular flexibility index (Phi) is 3.89. The number of carbonyl (C=O) groups is 1. The van der Waals surface area contributed by atoms with Crippen molar-refractivity contribution in [2.75, 3.05) is 17.7 Å². The van der Waals surface area contributed by atoms with Gasteiger partial charge in [0.15, 0.2) is 0 Å². The van der Waals surface area contributed by atoms with Crippen molar-refractivity contribution in [1.82, 2.24) is 4.98 Å². The number of pyridine rings is 1. The van der Waals surface area contributed by atoms with Crippen LogP contribution in [0.5, 0.6) is 0 Å². The fourth-order valence-corrected chi connectivity index (χ4v) is 1.93. The number of benzene rings is 1. The molecule has 0 aliphatic heterocycles. The normalized spacial score (nSPS) is 10.3. The van der Waals surface area contributed by atoms with Gasteiger partial charge in [-0.3, -0.25) is 4.79 Å². The molecule has 0 saturated carbocycles. The number of rotatable bonds is 4. The van der Waals surface area contributed by atoms with Crippen LogP contribution in [0.4, 0.5) is 11.5 Å². The average molecular weight is 270 g/mol. The van der Waals surface area contributed by atoms with Crippen molar-refractivity contribution in [2.24, 2.45) is 5.73 Å². The van der Waals surface area contributed by atoms with Crippen LogP contribution in [0.2, 0.25) is 0 Å². The maximum atomic E-state index is 11.3. The molecule has 1 aromatic carbocycles. The molecule has 104 valence electrons. The van der Waals surface area contributed by atoms with E-state index in [1.54, 1.807) is 6.07 Å². The lowest BCUT2D eigenvalue weighted by molar-refractivity contribution is 0.100. The second kappa shape index (κ2) is 5.61. The van der Waals surface area contributed by atoms with Gasteiger partial charge in [0.1, 0.15) is 5.82 Å². The minimum atomic E-state index is -0.546. The lowest BCUT2D eigenvalue weighted by Gasteiger charge is -2.19. The average Bonchev–Trinajstić information content (AvgIpc) is 2.41. The van der Waals surface area contributed by atoms with Gasteiger partial charge < -0.3 is 16.4 Å². The second-order valence-corrected chi connectivity index (χ2v) is 4.84. The van der Waals surface area contributed by atoms with Crippen LogP contribution in [-0.2, 0) is 6.54 Å². The molecule has 1 aromatic heterocycles. The molecule has 0 atom stereocenters. The third kappa shape index (κ3) is 3.06. The predicted octanol–water partition coefficient (Wildman–Crippen LogP) is 1.71. The molecule has 0 radical (unpaired) electrons. The number of anilines is 2. The Bertz CT molecular complexity index is 622. The van der Waals surface area contributed by atoms with Crippen molar-refractivity contribution in [3.8, 4) is 0 Å². The largest absolute Gasteiger partial charge is 0.397 e. The first kappa shape index (κ1) is 13.9. The summed E-state index contributed by atoms with van der Waals surface area (Å²) >= 11 is 0. The number of nitrogens with zero attached hydrogens (tertiary/aromatic N) is 2. The summed E-state index contributed by atoms with van der Waals surface area (Å²) in [5.41, 5.74) is 13.9. The fraction of sp³-hybridized carbons (Fsp3) is 0.200. The van der Waals surface area contributed by atoms with E-state index in [1.165, 1.54) is 11.8 Å². The van der Waals surface area contributed by atoms with Gasteiger partial charge in [-0.25, -0.2) is 4.98 Å². The van der Waals surface area contributed by atoms with E-state index in [0.29, 0.717) is 23.6 Å². The molecule has 5 nitrogen and oxygen atoms in total. The second-order valence-electron chi connectivity index (χ2n) is 4.84. The summed E-state index contributed by atoms with van der Waals surface area (Å²) in [6.07, 6.45) is 1.46. The first-order chi connectivity index (χ1) is 9.47. The third-order valence-corrected chi connectivity index (χ3v) is 3.12. The molecule has 0 aliphatic carbocycles. The van der Waals surface area contributed by atoms with Crippen LogP contribution in [0.3, 0.4) is 0 Å². The van der Waals surface area contributed by atoms with Crippen molar-refractivity contribution in [3.05, 3.63) is 53.2 Å². The molecule has 0 bridgehead atoms. The van der Waals surface area contributed by atoms with Gasteiger partial charge >= 0.3 is 0 Å². The molecule has 0 fully saturated rings. The Morgan fingerprint density at radius 3 is 2.55 bits per heavy atom. The lowest BCUT2D eigenvalue weighted by atomic mass is 10.1. The van der Waals surface area contributed by atoms with Gasteiger partial charge in [-0.1, -0.05) is 29.8 Å². The number of hydrogen-bond donors (Lipinski definition) is 2. The van der Waals surface area contributed by atoms with Crippen molar-refractivity contribution in [1.29, 1.82) is 0 Å². The summed E-state index contributed by atoms with van der Waals surface area (Å²) in [6, 6.07) is 9.88. The summed E-state index contributed by atoms with van der Waals surface area (Å²) in [5.74, 6) is 0.114. The Morgan fingerprint density at radius 2 is 1.95 bits per heavy atom. The number of aryl methyl sites for hydroxylation is 1. The predicted molar refractivity (Wildman–Crippen MR) is 80.5 cm³/mol. The van der Waals surface area contributed by atoms with Crippen molar-refractivity contribution in [2.45, 2.75) is 13.5 Å². The fourth-order valence-electron chi connectivity index (χ4n) is 1.93. The van der Waals surface area contributed by atoms with Gasteiger partial charge in [0.2, 0.25) is 0 Å². The Morgan fingerprint density at radius 1 is 1.30 bits per heavy atom. The highest BCUT2D eigenvalue weighted by Crippen LogP contribution is 2.18. The Labute approximate surface area is 118 Å². The summed E-state index contributed by atoms with van der Waals surface area (Å²) in [5, 5.41) is 0. The molecule has 1 heterocycles. The first-order valence-electron chi connectivity index (χ1n) is 6.29. The minimum absolute atomic E-state index is 0.296. The third-order valence-electron chi connectivity index (χ3n) is 3.12. The number of nitrogen functional groups attached to an aromatic ring is 1. The van der Waals surface area contributed by atoms with E-state index in [1.807, 2.05) is 18.9 Å². The first-order valence-corrected chi connectivity index (χ1v) is 6.29. The van der Waals surface area contributed by atoms with E-state index in [2.05, 4.69) is 29.2 Å². The quantitative estimate of drug-likeness (QED) is 0.885. The van der Waals surface area contributed by atoms with E-state index in [-0.39, 0.29) is 0 Å². The van der Waals surface area contributed by atoms with E-state index in [0.717, 1.165) is 5.56 Å². The maximum Gasteiger partial charge on any atom is 0.250 e. The number of primary amides is 1. The Hall–Kier alpha value is -2.56. The van der Waals surface area contributed by atoms with Crippen LogP contribution < -0.4 is 16.4 Å². The van der Waals surface area contributed by atoms with E-state index in [4.69, 9.17) is 11.5 Å². The SMILES string of the molecule is Cc1ccc(CN(C)c2cc(C(N)=O)c(N)cn2)cc1. The summed E-state index contributed by atoms with van der Waals surface area (Å²) in [4.78, 5) is 17.5. The molecule has 2 rings (SSSR count). The molecule has 1 amide bonds. The summed E-state index contributed by atoms with van der Waals surface area (Å²) in [7, 11) is 1.91. The van der Waals surface area contributed by atoms with Crippen LogP contribution in [0.25, 0.3) is 0 Å². The van der Waals surface area contributed by atoms with Crippen molar-refractivity contribution >= 4 is 17.4 Å². The summed E-state index contributed by atoms with van der Waals surface area (Å²) < 4.78 is 0. The van der Waals surface area contributed by atoms with E-state index >= 15 is 0 Å². The zero-order chi connectivity index (χ0) is 14.7. The van der Waals surface area contributed by atoms with E-state index < -0.39 is 5.91 Å². The molecular weight excluding hydrogens is 252 g/mol. The van der Waals surface area contributed by atoms with Crippen LogP contribution in [-0.4, -0.2) is 17.9 Å². The minimum Gasteiger partial charge on any atom is -0.397 e. The van der Waals surface area contributed by atoms with Gasteiger partial charge in [-0.2, -0.15) is 0 Å². The molecule has 0 spiro atoms. The van der Waals surface area contributed by atoms with Crippen molar-refractivity contribution < 1.29 is 4.79 Å². The van der Waals surface area contributed by atoms with Crippen LogP contribution in [0.1, 0.15) is 21.5 Å². The molecule has 0 unspecified atom stereocenters. The zero-order valence-electron chi connectivity index (χ0n) is 11.6. The van der Waals surface area contributed by atoms with Crippen LogP contribution in [0.15, 0.2) is 36.5 Å². The molecule has 4 N–H and O–H groups in total. The molecule has 5 heteroatoms. The van der Waals surface area contributed by atoms with Crippen LogP contribution in [0, 0.1) is 6.92 Å². The van der Waals surface area contributed by atoms with Gasteiger partial charge in [0.05, 0.1) is 17.4 Å². The zero-order valence-corrected chi connectivity index (χ0v) is 11.6. The highest BCUT2D eigenvalue weighted by molar-refractivity contribution is 5.98. The van der Waals surface area contributed by atoms with Gasteiger partial charge in [-0.05, 0) is 18.6 Å². The standard InChI is InChI=1S/C15H18N4O/c1-10-3-5-11(6-4-10)9-19(2)14-7-12(15(17)20)13(16)8-18-14/h3-8H,9,16H2,1-2H3,(H2,17,20). The molecule has 20 heavy (non-hydrogen) atoms.